The van der Waals surface area contributed by atoms with Gasteiger partial charge < -0.3 is 0 Å². The highest BCUT2D eigenvalue weighted by molar-refractivity contribution is 9.10. The molecule has 0 atom stereocenters. The van der Waals surface area contributed by atoms with E-state index in [2.05, 4.69) is 41.3 Å². The van der Waals surface area contributed by atoms with Crippen molar-refractivity contribution in [3.8, 4) is 11.3 Å². The molecular formula is C14H10BrN5O. The maximum atomic E-state index is 11.9. The number of hydrogen-bond acceptors (Lipinski definition) is 4. The van der Waals surface area contributed by atoms with Crippen molar-refractivity contribution in [3.05, 3.63) is 63.6 Å². The number of azo groups is 1. The van der Waals surface area contributed by atoms with Gasteiger partial charge in [-0.2, -0.15) is 0 Å². The zero-order valence-corrected chi connectivity index (χ0v) is 12.3. The largest absolute Gasteiger partial charge is 0.295 e. The van der Waals surface area contributed by atoms with Crippen LogP contribution in [0.5, 0.6) is 0 Å². The van der Waals surface area contributed by atoms with Gasteiger partial charge in [-0.3, -0.25) is 20.0 Å². The van der Waals surface area contributed by atoms with Crippen LogP contribution in [0, 0.1) is 0 Å². The van der Waals surface area contributed by atoms with Gasteiger partial charge in [0.25, 0.3) is 5.56 Å². The summed E-state index contributed by atoms with van der Waals surface area (Å²) < 4.78 is 0.811. The van der Waals surface area contributed by atoms with Gasteiger partial charge >= 0.3 is 0 Å². The van der Waals surface area contributed by atoms with Crippen LogP contribution in [0.15, 0.2) is 68.3 Å². The summed E-state index contributed by atoms with van der Waals surface area (Å²) in [5.41, 5.74) is 1.95. The minimum absolute atomic E-state index is 0.233. The van der Waals surface area contributed by atoms with Gasteiger partial charge in [0, 0.05) is 22.4 Å². The SMILES string of the molecule is O=c1[nH][nH]c(-c2ccncc2)c1N=Nc1ccccc1Br. The lowest BCUT2D eigenvalue weighted by Gasteiger charge is -1.98. The van der Waals surface area contributed by atoms with E-state index in [9.17, 15) is 4.79 Å². The Hall–Kier alpha value is -2.54. The molecule has 0 aliphatic heterocycles. The van der Waals surface area contributed by atoms with E-state index in [0.717, 1.165) is 10.0 Å². The maximum Gasteiger partial charge on any atom is 0.292 e. The highest BCUT2D eigenvalue weighted by Crippen LogP contribution is 2.29. The fourth-order valence-electron chi connectivity index (χ4n) is 1.81. The van der Waals surface area contributed by atoms with Gasteiger partial charge in [0.2, 0.25) is 0 Å². The fraction of sp³-hybridized carbons (Fsp3) is 0. The van der Waals surface area contributed by atoms with Crippen LogP contribution in [0.4, 0.5) is 11.4 Å². The van der Waals surface area contributed by atoms with E-state index in [1.807, 2.05) is 18.2 Å². The van der Waals surface area contributed by atoms with Gasteiger partial charge in [-0.05, 0) is 40.2 Å². The molecule has 3 rings (SSSR count). The van der Waals surface area contributed by atoms with Crippen molar-refractivity contribution >= 4 is 27.3 Å². The van der Waals surface area contributed by atoms with E-state index in [1.165, 1.54) is 0 Å². The Morgan fingerprint density at radius 2 is 1.76 bits per heavy atom. The molecule has 0 spiro atoms. The molecule has 1 aromatic carbocycles. The second-order valence-corrected chi connectivity index (χ2v) is 5.04. The number of aromatic nitrogens is 3. The summed E-state index contributed by atoms with van der Waals surface area (Å²) in [4.78, 5) is 15.8. The van der Waals surface area contributed by atoms with Crippen LogP contribution in [0.25, 0.3) is 11.3 Å². The molecule has 3 aromatic rings. The van der Waals surface area contributed by atoms with Crippen molar-refractivity contribution < 1.29 is 0 Å². The van der Waals surface area contributed by atoms with Crippen LogP contribution < -0.4 is 5.56 Å². The number of rotatable bonds is 3. The summed E-state index contributed by atoms with van der Waals surface area (Å²) in [6.45, 7) is 0. The van der Waals surface area contributed by atoms with Crippen molar-refractivity contribution in [3.63, 3.8) is 0 Å². The molecule has 2 N–H and O–H groups in total. The summed E-state index contributed by atoms with van der Waals surface area (Å²) in [6, 6.07) is 11.0. The Bertz CT molecular complexity index is 838. The third-order valence-electron chi connectivity index (χ3n) is 2.83. The van der Waals surface area contributed by atoms with E-state index in [1.54, 1.807) is 30.6 Å². The summed E-state index contributed by atoms with van der Waals surface area (Å²) in [5.74, 6) is 0. The second kappa shape index (κ2) is 5.84. The van der Waals surface area contributed by atoms with E-state index in [-0.39, 0.29) is 11.2 Å². The first kappa shape index (κ1) is 13.4. The zero-order chi connectivity index (χ0) is 14.7. The smallest absolute Gasteiger partial charge is 0.292 e. The van der Waals surface area contributed by atoms with E-state index >= 15 is 0 Å². The molecule has 0 saturated heterocycles. The molecule has 0 fully saturated rings. The lowest BCUT2D eigenvalue weighted by molar-refractivity contribution is 1.06. The Morgan fingerprint density at radius 1 is 1.00 bits per heavy atom. The third kappa shape index (κ3) is 2.82. The Labute approximate surface area is 128 Å². The molecule has 7 heteroatoms. The molecule has 21 heavy (non-hydrogen) atoms. The molecule has 2 heterocycles. The highest BCUT2D eigenvalue weighted by atomic mass is 79.9. The monoisotopic (exact) mass is 343 g/mol. The van der Waals surface area contributed by atoms with Crippen molar-refractivity contribution in [1.82, 2.24) is 15.2 Å². The molecule has 0 unspecified atom stereocenters. The van der Waals surface area contributed by atoms with Crippen molar-refractivity contribution in [2.45, 2.75) is 0 Å². The number of halogens is 1. The minimum atomic E-state index is -0.322. The maximum absolute atomic E-state index is 11.9. The molecule has 104 valence electrons. The van der Waals surface area contributed by atoms with Gasteiger partial charge in [0.1, 0.15) is 0 Å². The molecular weight excluding hydrogens is 334 g/mol. The highest BCUT2D eigenvalue weighted by Gasteiger charge is 2.11. The van der Waals surface area contributed by atoms with Crippen LogP contribution in [-0.2, 0) is 0 Å². The second-order valence-electron chi connectivity index (χ2n) is 4.19. The van der Waals surface area contributed by atoms with Gasteiger partial charge in [-0.15, -0.1) is 10.2 Å². The minimum Gasteiger partial charge on any atom is -0.295 e. The Kier molecular flexibility index (Phi) is 3.74. The predicted molar refractivity (Wildman–Crippen MR) is 83.0 cm³/mol. The van der Waals surface area contributed by atoms with E-state index < -0.39 is 0 Å². The Balaban J connectivity index is 2.02. The normalized spacial score (nSPS) is 11.1. The van der Waals surface area contributed by atoms with Gasteiger partial charge in [0.15, 0.2) is 5.69 Å². The molecule has 0 aliphatic rings. The first-order valence-corrected chi connectivity index (χ1v) is 6.92. The molecule has 0 radical (unpaired) electrons. The number of nitrogens with one attached hydrogen (secondary N) is 2. The molecule has 0 amide bonds. The van der Waals surface area contributed by atoms with E-state index in [0.29, 0.717) is 11.4 Å². The number of H-pyrrole nitrogens is 2. The van der Waals surface area contributed by atoms with Crippen LogP contribution in [0.3, 0.4) is 0 Å². The summed E-state index contributed by atoms with van der Waals surface area (Å²) in [6.07, 6.45) is 3.30. The first-order valence-electron chi connectivity index (χ1n) is 6.13. The standard InChI is InChI=1S/C14H10BrN5O/c15-10-3-1-2-4-11(10)17-19-13-12(18-20-14(13)21)9-5-7-16-8-6-9/h1-8H,(H2,18,20,21). The lowest BCUT2D eigenvalue weighted by atomic mass is 10.2. The van der Waals surface area contributed by atoms with Crippen molar-refractivity contribution in [2.24, 2.45) is 10.2 Å². The quantitative estimate of drug-likeness (QED) is 0.705. The van der Waals surface area contributed by atoms with Gasteiger partial charge in [0.05, 0.1) is 11.4 Å². The summed E-state index contributed by atoms with van der Waals surface area (Å²) in [5, 5.41) is 13.5. The fourth-order valence-corrected chi connectivity index (χ4v) is 2.17. The third-order valence-corrected chi connectivity index (χ3v) is 3.50. The van der Waals surface area contributed by atoms with Crippen molar-refractivity contribution in [2.75, 3.05) is 0 Å². The number of benzene rings is 1. The van der Waals surface area contributed by atoms with Crippen LogP contribution in [0.2, 0.25) is 0 Å². The predicted octanol–water partition coefficient (Wildman–Crippen LogP) is 3.94. The number of nitrogens with zero attached hydrogens (tertiary/aromatic N) is 3. The lowest BCUT2D eigenvalue weighted by Crippen LogP contribution is -1.96. The molecule has 0 bridgehead atoms. The molecule has 0 aliphatic carbocycles. The summed E-state index contributed by atoms with van der Waals surface area (Å²) in [7, 11) is 0. The van der Waals surface area contributed by atoms with Crippen LogP contribution >= 0.6 is 15.9 Å². The van der Waals surface area contributed by atoms with Crippen molar-refractivity contribution in [1.29, 1.82) is 0 Å². The molecule has 2 aromatic heterocycles. The summed E-state index contributed by atoms with van der Waals surface area (Å²) >= 11 is 3.39. The van der Waals surface area contributed by atoms with Gasteiger partial charge in [-0.1, -0.05) is 12.1 Å². The van der Waals surface area contributed by atoms with E-state index in [4.69, 9.17) is 0 Å². The number of pyridine rings is 1. The zero-order valence-electron chi connectivity index (χ0n) is 10.7. The van der Waals surface area contributed by atoms with Crippen LogP contribution in [0.1, 0.15) is 0 Å². The average Bonchev–Trinajstić information content (AvgIpc) is 2.88. The number of aromatic amines is 2. The van der Waals surface area contributed by atoms with Gasteiger partial charge in [-0.25, -0.2) is 0 Å². The molecule has 6 nitrogen and oxygen atoms in total. The average molecular weight is 344 g/mol. The molecule has 0 saturated carbocycles. The Morgan fingerprint density at radius 3 is 2.52 bits per heavy atom. The topological polar surface area (TPSA) is 86.3 Å². The first-order chi connectivity index (χ1) is 10.3. The van der Waals surface area contributed by atoms with Crippen LogP contribution in [-0.4, -0.2) is 15.2 Å². The number of hydrogen-bond donors (Lipinski definition) is 2.